The number of benzene rings is 1. The molecule has 0 unspecified atom stereocenters. The van der Waals surface area contributed by atoms with Crippen LogP contribution in [0.1, 0.15) is 93.5 Å². The second-order valence-corrected chi connectivity index (χ2v) is 9.01. The monoisotopic (exact) mass is 374 g/mol. The van der Waals surface area contributed by atoms with E-state index in [0.29, 0.717) is 0 Å². The minimum atomic E-state index is -1.19. The van der Waals surface area contributed by atoms with Crippen LogP contribution in [0.2, 0.25) is 0 Å². The van der Waals surface area contributed by atoms with Gasteiger partial charge in [-0.25, -0.2) is 9.18 Å². The third-order valence-electron chi connectivity index (χ3n) is 7.25. The summed E-state index contributed by atoms with van der Waals surface area (Å²) in [5, 5.41) is 8.92. The molecule has 0 aliphatic heterocycles. The zero-order valence-corrected chi connectivity index (χ0v) is 16.8. The van der Waals surface area contributed by atoms with Crippen molar-refractivity contribution in [3.05, 3.63) is 35.1 Å². The van der Waals surface area contributed by atoms with Crippen molar-refractivity contribution in [1.82, 2.24) is 0 Å². The van der Waals surface area contributed by atoms with E-state index in [1.807, 2.05) is 0 Å². The topological polar surface area (TPSA) is 37.3 Å². The van der Waals surface area contributed by atoms with Gasteiger partial charge in [-0.1, -0.05) is 51.5 Å². The van der Waals surface area contributed by atoms with Gasteiger partial charge in [-0.2, -0.15) is 0 Å². The first-order valence-electron chi connectivity index (χ1n) is 11.1. The van der Waals surface area contributed by atoms with Crippen LogP contribution in [0.3, 0.4) is 0 Å². The molecule has 2 aliphatic carbocycles. The molecule has 27 heavy (non-hydrogen) atoms. The highest BCUT2D eigenvalue weighted by Crippen LogP contribution is 2.42. The highest BCUT2D eigenvalue weighted by atomic mass is 19.1. The number of rotatable bonds is 7. The Morgan fingerprint density at radius 1 is 0.963 bits per heavy atom. The number of aryl methyl sites for hydroxylation is 1. The van der Waals surface area contributed by atoms with Crippen LogP contribution in [0.25, 0.3) is 0 Å². The molecular formula is C24H35FO2. The molecule has 0 spiro atoms. The number of carboxylic acid groups (broad SMARTS) is 1. The summed E-state index contributed by atoms with van der Waals surface area (Å²) in [6.07, 6.45) is 15.9. The van der Waals surface area contributed by atoms with Crippen molar-refractivity contribution in [1.29, 1.82) is 0 Å². The van der Waals surface area contributed by atoms with Crippen molar-refractivity contribution >= 4 is 5.97 Å². The Bertz CT molecular complexity index is 611. The van der Waals surface area contributed by atoms with E-state index in [9.17, 15) is 9.18 Å². The van der Waals surface area contributed by atoms with Crippen molar-refractivity contribution in [2.75, 3.05) is 0 Å². The van der Waals surface area contributed by atoms with Crippen LogP contribution in [-0.2, 0) is 6.42 Å². The van der Waals surface area contributed by atoms with E-state index in [-0.39, 0.29) is 5.56 Å². The summed E-state index contributed by atoms with van der Waals surface area (Å²) >= 11 is 0. The highest BCUT2D eigenvalue weighted by Gasteiger charge is 2.30. The van der Waals surface area contributed by atoms with Crippen molar-refractivity contribution in [2.24, 2.45) is 23.7 Å². The smallest absolute Gasteiger partial charge is 0.338 e. The van der Waals surface area contributed by atoms with Crippen LogP contribution in [0.5, 0.6) is 0 Å². The summed E-state index contributed by atoms with van der Waals surface area (Å²) in [4.78, 5) is 10.9. The molecule has 2 fully saturated rings. The van der Waals surface area contributed by atoms with Gasteiger partial charge in [0.25, 0.3) is 0 Å². The minimum Gasteiger partial charge on any atom is -0.478 e. The molecule has 0 bridgehead atoms. The Labute approximate surface area is 163 Å². The lowest BCUT2D eigenvalue weighted by Crippen LogP contribution is -2.26. The molecule has 3 heteroatoms. The average molecular weight is 375 g/mol. The first-order valence-corrected chi connectivity index (χ1v) is 11.1. The van der Waals surface area contributed by atoms with E-state index in [1.54, 1.807) is 6.07 Å². The minimum absolute atomic E-state index is 0.229. The molecule has 1 aromatic rings. The maximum absolute atomic E-state index is 13.8. The lowest BCUT2D eigenvalue weighted by atomic mass is 9.68. The van der Waals surface area contributed by atoms with Gasteiger partial charge in [0, 0.05) is 0 Å². The molecule has 0 heterocycles. The quantitative estimate of drug-likeness (QED) is 0.565. The van der Waals surface area contributed by atoms with Gasteiger partial charge in [0.2, 0.25) is 0 Å². The molecule has 2 nitrogen and oxygen atoms in total. The highest BCUT2D eigenvalue weighted by molar-refractivity contribution is 5.87. The number of hydrogen-bond donors (Lipinski definition) is 1. The van der Waals surface area contributed by atoms with Gasteiger partial charge in [0.05, 0.1) is 5.56 Å². The second kappa shape index (κ2) is 9.71. The van der Waals surface area contributed by atoms with E-state index in [0.717, 1.165) is 42.1 Å². The Hall–Kier alpha value is -1.38. The summed E-state index contributed by atoms with van der Waals surface area (Å²) in [6, 6.07) is 4.58. The van der Waals surface area contributed by atoms with E-state index in [2.05, 4.69) is 6.92 Å². The second-order valence-electron chi connectivity index (χ2n) is 9.01. The lowest BCUT2D eigenvalue weighted by Gasteiger charge is -2.38. The normalized spacial score (nSPS) is 28.8. The molecule has 1 aromatic carbocycles. The summed E-state index contributed by atoms with van der Waals surface area (Å²) in [5.41, 5.74) is 0.696. The van der Waals surface area contributed by atoms with E-state index in [4.69, 9.17) is 5.11 Å². The number of carboxylic acids is 1. The molecule has 0 aromatic heterocycles. The van der Waals surface area contributed by atoms with Gasteiger partial charge >= 0.3 is 5.97 Å². The number of halogens is 1. The van der Waals surface area contributed by atoms with Gasteiger partial charge in [0.15, 0.2) is 0 Å². The van der Waals surface area contributed by atoms with Crippen molar-refractivity contribution in [3.63, 3.8) is 0 Å². The third kappa shape index (κ3) is 5.56. The molecule has 2 aliphatic rings. The van der Waals surface area contributed by atoms with Crippen LogP contribution in [0.4, 0.5) is 4.39 Å². The predicted molar refractivity (Wildman–Crippen MR) is 107 cm³/mol. The first kappa shape index (κ1) is 20.4. The van der Waals surface area contributed by atoms with E-state index < -0.39 is 11.8 Å². The molecule has 0 amide bonds. The van der Waals surface area contributed by atoms with Gasteiger partial charge in [-0.15, -0.1) is 0 Å². The fourth-order valence-electron chi connectivity index (χ4n) is 5.56. The molecular weight excluding hydrogens is 339 g/mol. The molecule has 1 N–H and O–H groups in total. The van der Waals surface area contributed by atoms with Crippen LogP contribution < -0.4 is 0 Å². The summed E-state index contributed by atoms with van der Waals surface area (Å²) in [6.45, 7) is 2.31. The van der Waals surface area contributed by atoms with Gasteiger partial charge < -0.3 is 5.11 Å². The molecule has 3 rings (SSSR count). The Kier molecular flexibility index (Phi) is 7.32. The number of carbonyl (C=O) groups is 1. The Balaban J connectivity index is 1.40. The van der Waals surface area contributed by atoms with E-state index >= 15 is 0 Å². The maximum atomic E-state index is 13.8. The van der Waals surface area contributed by atoms with Crippen LogP contribution >= 0.6 is 0 Å². The van der Waals surface area contributed by atoms with Crippen LogP contribution in [0.15, 0.2) is 18.2 Å². The zero-order valence-electron chi connectivity index (χ0n) is 16.8. The number of hydrogen-bond acceptors (Lipinski definition) is 1. The largest absolute Gasteiger partial charge is 0.478 e. The third-order valence-corrected chi connectivity index (χ3v) is 7.25. The van der Waals surface area contributed by atoms with Crippen molar-refractivity contribution in [2.45, 2.75) is 84.0 Å². The molecule has 150 valence electrons. The van der Waals surface area contributed by atoms with E-state index in [1.165, 1.54) is 76.3 Å². The molecule has 0 saturated heterocycles. The fourth-order valence-corrected chi connectivity index (χ4v) is 5.56. The zero-order chi connectivity index (χ0) is 19.2. The molecule has 0 radical (unpaired) electrons. The van der Waals surface area contributed by atoms with Crippen LogP contribution in [-0.4, -0.2) is 11.1 Å². The average Bonchev–Trinajstić information content (AvgIpc) is 2.67. The predicted octanol–water partition coefficient (Wildman–Crippen LogP) is 6.87. The van der Waals surface area contributed by atoms with Crippen molar-refractivity contribution < 1.29 is 14.3 Å². The fraction of sp³-hybridized carbons (Fsp3) is 0.708. The van der Waals surface area contributed by atoms with Gasteiger partial charge in [0.1, 0.15) is 5.82 Å². The lowest BCUT2D eigenvalue weighted by molar-refractivity contribution is 0.0692. The SMILES string of the molecule is CCCC1CCC(C2CCC(CCc3ccc(C(=O)O)c(F)c3)CC2)CC1. The Morgan fingerprint density at radius 3 is 2.00 bits per heavy atom. The summed E-state index contributed by atoms with van der Waals surface area (Å²) in [7, 11) is 0. The summed E-state index contributed by atoms with van der Waals surface area (Å²) in [5.74, 6) is 1.85. The van der Waals surface area contributed by atoms with Crippen LogP contribution in [0, 0.1) is 29.5 Å². The van der Waals surface area contributed by atoms with Gasteiger partial charge in [-0.3, -0.25) is 0 Å². The van der Waals surface area contributed by atoms with Gasteiger partial charge in [-0.05, 0) is 79.9 Å². The Morgan fingerprint density at radius 2 is 1.52 bits per heavy atom. The molecule has 0 atom stereocenters. The number of aromatic carboxylic acids is 1. The van der Waals surface area contributed by atoms with Crippen molar-refractivity contribution in [3.8, 4) is 0 Å². The maximum Gasteiger partial charge on any atom is 0.338 e. The standard InChI is InChI=1S/C24H35FO2/c1-2-3-17-6-11-20(12-7-17)21-13-8-18(9-14-21)4-5-19-10-15-22(24(26)27)23(25)16-19/h10,15-18,20-21H,2-9,11-14H2,1H3,(H,26,27). The molecule has 2 saturated carbocycles. The first-order chi connectivity index (χ1) is 13.1. The summed E-state index contributed by atoms with van der Waals surface area (Å²) < 4.78 is 13.8.